The Hall–Kier alpha value is -2.50. The number of nitrogens with one attached hydrogen (secondary N) is 1. The van der Waals surface area contributed by atoms with Crippen molar-refractivity contribution >= 4 is 17.4 Å². The highest BCUT2D eigenvalue weighted by Gasteiger charge is 2.10. The van der Waals surface area contributed by atoms with Crippen LogP contribution in [0.15, 0.2) is 30.5 Å². The van der Waals surface area contributed by atoms with Gasteiger partial charge in [-0.15, -0.1) is 0 Å². The molecular formula is C12H14N4O2. The fourth-order valence-electron chi connectivity index (χ4n) is 1.54. The van der Waals surface area contributed by atoms with Gasteiger partial charge in [0.25, 0.3) is 5.91 Å². The monoisotopic (exact) mass is 246 g/mol. The molecule has 1 heterocycles. The van der Waals surface area contributed by atoms with Gasteiger partial charge in [-0.05, 0) is 12.1 Å². The molecular weight excluding hydrogens is 232 g/mol. The van der Waals surface area contributed by atoms with Crippen LogP contribution < -0.4 is 15.8 Å². The number of carbonyl (C=O) groups excluding carboxylic acids is 1. The second kappa shape index (κ2) is 4.79. The molecule has 0 fully saturated rings. The highest BCUT2D eigenvalue weighted by atomic mass is 16.5. The smallest absolute Gasteiger partial charge is 0.257 e. The molecule has 0 saturated carbocycles. The summed E-state index contributed by atoms with van der Waals surface area (Å²) in [5, 5.41) is 6.74. The first-order valence-electron chi connectivity index (χ1n) is 5.34. The quantitative estimate of drug-likeness (QED) is 0.799. The van der Waals surface area contributed by atoms with Gasteiger partial charge in [-0.1, -0.05) is 0 Å². The van der Waals surface area contributed by atoms with Crippen molar-refractivity contribution in [3.63, 3.8) is 0 Å². The molecule has 94 valence electrons. The SMILES string of the molecule is COc1cc(N)cc(C(=O)Nc2ccn(C)n2)c1. The molecule has 6 heteroatoms. The first-order valence-corrected chi connectivity index (χ1v) is 5.34. The lowest BCUT2D eigenvalue weighted by atomic mass is 10.2. The third kappa shape index (κ3) is 2.60. The van der Waals surface area contributed by atoms with Crippen molar-refractivity contribution in [2.24, 2.45) is 7.05 Å². The van der Waals surface area contributed by atoms with E-state index in [4.69, 9.17) is 10.5 Å². The second-order valence-corrected chi connectivity index (χ2v) is 3.82. The van der Waals surface area contributed by atoms with Gasteiger partial charge in [0.15, 0.2) is 5.82 Å². The molecule has 3 N–H and O–H groups in total. The van der Waals surface area contributed by atoms with E-state index in [0.29, 0.717) is 22.8 Å². The normalized spacial score (nSPS) is 10.1. The van der Waals surface area contributed by atoms with Crippen molar-refractivity contribution in [3.05, 3.63) is 36.0 Å². The summed E-state index contributed by atoms with van der Waals surface area (Å²) in [7, 11) is 3.30. The number of benzene rings is 1. The van der Waals surface area contributed by atoms with Gasteiger partial charge in [0.1, 0.15) is 5.75 Å². The van der Waals surface area contributed by atoms with E-state index < -0.39 is 0 Å². The lowest BCUT2D eigenvalue weighted by Crippen LogP contribution is -2.13. The van der Waals surface area contributed by atoms with E-state index in [2.05, 4.69) is 10.4 Å². The maximum absolute atomic E-state index is 12.0. The van der Waals surface area contributed by atoms with E-state index in [0.717, 1.165) is 0 Å². The molecule has 1 aromatic heterocycles. The highest BCUT2D eigenvalue weighted by molar-refractivity contribution is 6.04. The number of aryl methyl sites for hydroxylation is 1. The Labute approximate surface area is 104 Å². The van der Waals surface area contributed by atoms with Crippen molar-refractivity contribution in [2.45, 2.75) is 0 Å². The summed E-state index contributed by atoms with van der Waals surface area (Å²) in [6.45, 7) is 0. The topological polar surface area (TPSA) is 82.2 Å². The molecule has 1 amide bonds. The minimum atomic E-state index is -0.278. The van der Waals surface area contributed by atoms with Crippen LogP contribution in [0.3, 0.4) is 0 Å². The number of ether oxygens (including phenoxy) is 1. The molecule has 18 heavy (non-hydrogen) atoms. The van der Waals surface area contributed by atoms with Crippen LogP contribution in [0.25, 0.3) is 0 Å². The number of amides is 1. The average molecular weight is 246 g/mol. The summed E-state index contributed by atoms with van der Waals surface area (Å²) in [6.07, 6.45) is 1.75. The molecule has 0 radical (unpaired) electrons. The van der Waals surface area contributed by atoms with Crippen LogP contribution in [-0.2, 0) is 7.05 Å². The molecule has 0 aliphatic carbocycles. The number of aromatic nitrogens is 2. The summed E-state index contributed by atoms with van der Waals surface area (Å²) in [4.78, 5) is 12.0. The van der Waals surface area contributed by atoms with Crippen LogP contribution in [0.5, 0.6) is 5.75 Å². The van der Waals surface area contributed by atoms with E-state index in [1.165, 1.54) is 7.11 Å². The van der Waals surface area contributed by atoms with Gasteiger partial charge in [0, 0.05) is 36.6 Å². The summed E-state index contributed by atoms with van der Waals surface area (Å²) in [5.74, 6) is 0.754. The first kappa shape index (κ1) is 12.0. The van der Waals surface area contributed by atoms with Gasteiger partial charge in [-0.3, -0.25) is 9.48 Å². The van der Waals surface area contributed by atoms with Crippen LogP contribution in [0, 0.1) is 0 Å². The van der Waals surface area contributed by atoms with Crippen molar-refractivity contribution < 1.29 is 9.53 Å². The Kier molecular flexibility index (Phi) is 3.18. The Morgan fingerprint density at radius 1 is 1.44 bits per heavy atom. The van der Waals surface area contributed by atoms with Crippen LogP contribution >= 0.6 is 0 Å². The van der Waals surface area contributed by atoms with Crippen LogP contribution in [0.4, 0.5) is 11.5 Å². The Morgan fingerprint density at radius 2 is 2.22 bits per heavy atom. The van der Waals surface area contributed by atoms with Crippen molar-refractivity contribution in [3.8, 4) is 5.75 Å². The van der Waals surface area contributed by atoms with Gasteiger partial charge in [-0.25, -0.2) is 0 Å². The zero-order valence-electron chi connectivity index (χ0n) is 10.2. The highest BCUT2D eigenvalue weighted by Crippen LogP contribution is 2.19. The number of methoxy groups -OCH3 is 1. The number of hydrogen-bond donors (Lipinski definition) is 2. The number of anilines is 2. The molecule has 6 nitrogen and oxygen atoms in total. The first-order chi connectivity index (χ1) is 8.58. The van der Waals surface area contributed by atoms with Crippen LogP contribution in [0.1, 0.15) is 10.4 Å². The lowest BCUT2D eigenvalue weighted by Gasteiger charge is -2.06. The van der Waals surface area contributed by atoms with Crippen molar-refractivity contribution in [1.82, 2.24) is 9.78 Å². The predicted octanol–water partition coefficient (Wildman–Crippen LogP) is 1.26. The third-order valence-corrected chi connectivity index (χ3v) is 2.38. The van der Waals surface area contributed by atoms with Gasteiger partial charge in [0.2, 0.25) is 0 Å². The maximum Gasteiger partial charge on any atom is 0.257 e. The van der Waals surface area contributed by atoms with Crippen molar-refractivity contribution in [2.75, 3.05) is 18.2 Å². The van der Waals surface area contributed by atoms with Gasteiger partial charge >= 0.3 is 0 Å². The lowest BCUT2D eigenvalue weighted by molar-refractivity contribution is 0.102. The second-order valence-electron chi connectivity index (χ2n) is 3.82. The Balaban J connectivity index is 2.20. The molecule has 2 rings (SSSR count). The van der Waals surface area contributed by atoms with E-state index in [1.54, 1.807) is 42.2 Å². The number of hydrogen-bond acceptors (Lipinski definition) is 4. The van der Waals surface area contributed by atoms with E-state index in [9.17, 15) is 4.79 Å². The zero-order valence-corrected chi connectivity index (χ0v) is 10.2. The number of nitrogen functional groups attached to an aromatic ring is 1. The summed E-state index contributed by atoms with van der Waals surface area (Å²) in [5.41, 5.74) is 6.59. The minimum Gasteiger partial charge on any atom is -0.497 e. The van der Waals surface area contributed by atoms with E-state index in [-0.39, 0.29) is 5.91 Å². The molecule has 0 atom stereocenters. The summed E-state index contributed by atoms with van der Waals surface area (Å²) < 4.78 is 6.67. The maximum atomic E-state index is 12.0. The van der Waals surface area contributed by atoms with Crippen LogP contribution in [0.2, 0.25) is 0 Å². The number of carbonyl (C=O) groups is 1. The Bertz CT molecular complexity index is 577. The number of nitrogens with two attached hydrogens (primary N) is 1. The van der Waals surface area contributed by atoms with Gasteiger partial charge in [0.05, 0.1) is 7.11 Å². The third-order valence-electron chi connectivity index (χ3n) is 2.38. The molecule has 0 saturated heterocycles. The summed E-state index contributed by atoms with van der Waals surface area (Å²) >= 11 is 0. The predicted molar refractivity (Wildman–Crippen MR) is 68.6 cm³/mol. The molecule has 0 unspecified atom stereocenters. The Morgan fingerprint density at radius 3 is 2.83 bits per heavy atom. The molecule has 0 spiro atoms. The fraction of sp³-hybridized carbons (Fsp3) is 0.167. The number of rotatable bonds is 3. The van der Waals surface area contributed by atoms with Gasteiger partial charge in [-0.2, -0.15) is 5.10 Å². The molecule has 0 aliphatic rings. The zero-order chi connectivity index (χ0) is 13.1. The molecule has 0 bridgehead atoms. The van der Waals surface area contributed by atoms with Gasteiger partial charge < -0.3 is 15.8 Å². The minimum absolute atomic E-state index is 0.278. The largest absolute Gasteiger partial charge is 0.497 e. The van der Waals surface area contributed by atoms with E-state index in [1.807, 2.05) is 0 Å². The fourth-order valence-corrected chi connectivity index (χ4v) is 1.54. The molecule has 0 aliphatic heterocycles. The molecule has 2 aromatic rings. The van der Waals surface area contributed by atoms with Crippen molar-refractivity contribution in [1.29, 1.82) is 0 Å². The molecule has 1 aromatic carbocycles. The number of nitrogens with zero attached hydrogens (tertiary/aromatic N) is 2. The van der Waals surface area contributed by atoms with E-state index >= 15 is 0 Å². The van der Waals surface area contributed by atoms with Crippen LogP contribution in [-0.4, -0.2) is 22.8 Å². The summed E-state index contributed by atoms with van der Waals surface area (Å²) in [6, 6.07) is 6.56. The average Bonchev–Trinajstić information content (AvgIpc) is 2.73. The standard InChI is InChI=1S/C12H14N4O2/c1-16-4-3-11(15-16)14-12(17)8-5-9(13)7-10(6-8)18-2/h3-7H,13H2,1-2H3,(H,14,15,17).